The molecule has 2 nitrogen and oxygen atoms in total. The molecule has 1 aromatic carbocycles. The molecule has 0 spiro atoms. The number of nitriles is 2. The van der Waals surface area contributed by atoms with Crippen LogP contribution in [-0.4, -0.2) is 12.5 Å². The maximum atomic E-state index is 9.35. The molecule has 0 fully saturated rings. The summed E-state index contributed by atoms with van der Waals surface area (Å²) in [5.41, 5.74) is 3.17. The van der Waals surface area contributed by atoms with E-state index in [0.29, 0.717) is 11.1 Å². The van der Waals surface area contributed by atoms with Crippen molar-refractivity contribution in [3.8, 4) is 12.1 Å². The fraction of sp³-hybridized carbons (Fsp3) is 0.429. The summed E-state index contributed by atoms with van der Waals surface area (Å²) in [6.07, 6.45) is 5.62. The van der Waals surface area contributed by atoms with Gasteiger partial charge in [-0.3, -0.25) is 0 Å². The second kappa shape index (κ2) is 6.73. The van der Waals surface area contributed by atoms with Crippen molar-refractivity contribution in [2.75, 3.05) is 12.5 Å². The van der Waals surface area contributed by atoms with Gasteiger partial charge in [0, 0.05) is 9.79 Å². The molecule has 94 valence electrons. The summed E-state index contributed by atoms with van der Waals surface area (Å²) in [6.45, 7) is 4.07. The predicted octanol–water partition coefficient (Wildman–Crippen LogP) is 4.00. The Morgan fingerprint density at radius 2 is 1.17 bits per heavy atom. The van der Waals surface area contributed by atoms with Gasteiger partial charge in [-0.25, -0.2) is 0 Å². The van der Waals surface area contributed by atoms with Crippen molar-refractivity contribution in [1.29, 1.82) is 10.5 Å². The maximum Gasteiger partial charge on any atom is 0.101 e. The molecule has 0 radical (unpaired) electrons. The Kier molecular flexibility index (Phi) is 5.59. The van der Waals surface area contributed by atoms with E-state index in [0.717, 1.165) is 33.8 Å². The monoisotopic (exact) mass is 276 g/mol. The third-order valence-corrected chi connectivity index (χ3v) is 4.79. The van der Waals surface area contributed by atoms with Crippen LogP contribution in [0.1, 0.15) is 36.1 Å². The zero-order valence-corrected chi connectivity index (χ0v) is 12.8. The van der Waals surface area contributed by atoms with Crippen LogP contribution in [0.5, 0.6) is 0 Å². The molecule has 4 heteroatoms. The number of thioether (sulfide) groups is 2. The molecule has 1 aromatic rings. The molecule has 0 amide bonds. The lowest BCUT2D eigenvalue weighted by atomic mass is 9.94. The van der Waals surface area contributed by atoms with Gasteiger partial charge in [0.2, 0.25) is 0 Å². The van der Waals surface area contributed by atoms with E-state index in [9.17, 15) is 10.5 Å². The van der Waals surface area contributed by atoms with Gasteiger partial charge >= 0.3 is 0 Å². The van der Waals surface area contributed by atoms with Crippen molar-refractivity contribution < 1.29 is 0 Å². The standard InChI is InChI=1S/C14H16N2S2/c1-5-9-11(7-15)12(8-16)10(6-2)14(18-4)13(9)17-3/h5-6H2,1-4H3. The van der Waals surface area contributed by atoms with E-state index in [1.54, 1.807) is 23.5 Å². The van der Waals surface area contributed by atoms with Gasteiger partial charge < -0.3 is 0 Å². The summed E-state index contributed by atoms with van der Waals surface area (Å²) in [5.74, 6) is 0. The lowest BCUT2D eigenvalue weighted by molar-refractivity contribution is 0.961. The Morgan fingerprint density at radius 3 is 1.33 bits per heavy atom. The van der Waals surface area contributed by atoms with Gasteiger partial charge in [0.15, 0.2) is 0 Å². The van der Waals surface area contributed by atoms with Crippen LogP contribution in [0, 0.1) is 22.7 Å². The normalized spacial score (nSPS) is 9.89. The highest BCUT2D eigenvalue weighted by atomic mass is 32.2. The van der Waals surface area contributed by atoms with E-state index in [-0.39, 0.29) is 0 Å². The van der Waals surface area contributed by atoms with Crippen LogP contribution < -0.4 is 0 Å². The largest absolute Gasteiger partial charge is 0.192 e. The first-order valence-electron chi connectivity index (χ1n) is 5.79. The van der Waals surface area contributed by atoms with Crippen LogP contribution in [0.4, 0.5) is 0 Å². The minimum absolute atomic E-state index is 0.569. The zero-order chi connectivity index (χ0) is 13.7. The number of rotatable bonds is 4. The molecule has 0 aromatic heterocycles. The molecule has 0 saturated heterocycles. The van der Waals surface area contributed by atoms with E-state index in [1.165, 1.54) is 0 Å². The number of hydrogen-bond acceptors (Lipinski definition) is 4. The molecule has 0 heterocycles. The van der Waals surface area contributed by atoms with Crippen molar-refractivity contribution in [1.82, 2.24) is 0 Å². The quantitative estimate of drug-likeness (QED) is 0.780. The molecule has 0 N–H and O–H groups in total. The lowest BCUT2D eigenvalue weighted by Gasteiger charge is -2.18. The predicted molar refractivity (Wildman–Crippen MR) is 78.2 cm³/mol. The van der Waals surface area contributed by atoms with E-state index in [4.69, 9.17) is 0 Å². The van der Waals surface area contributed by atoms with Crippen LogP contribution in [0.3, 0.4) is 0 Å². The Bertz CT molecular complexity index is 487. The Labute approximate surface area is 117 Å². The Morgan fingerprint density at radius 1 is 0.833 bits per heavy atom. The molecule has 1 rings (SSSR count). The molecule has 0 aliphatic carbocycles. The molecule has 0 aliphatic heterocycles. The second-order valence-electron chi connectivity index (χ2n) is 3.70. The minimum atomic E-state index is 0.569. The first-order chi connectivity index (χ1) is 8.69. The third kappa shape index (κ3) is 2.36. The average molecular weight is 276 g/mol. The fourth-order valence-corrected chi connectivity index (χ4v) is 4.26. The highest BCUT2D eigenvalue weighted by molar-refractivity contribution is 8.01. The highest BCUT2D eigenvalue weighted by Gasteiger charge is 2.21. The summed E-state index contributed by atoms with van der Waals surface area (Å²) < 4.78 is 0. The Hall–Kier alpha value is -1.10. The van der Waals surface area contributed by atoms with Gasteiger partial charge in [0.05, 0.1) is 11.1 Å². The first-order valence-corrected chi connectivity index (χ1v) is 8.24. The summed E-state index contributed by atoms with van der Waals surface area (Å²) in [5, 5.41) is 18.7. The van der Waals surface area contributed by atoms with Crippen LogP contribution in [0.25, 0.3) is 0 Å². The van der Waals surface area contributed by atoms with Crippen LogP contribution in [0.15, 0.2) is 9.79 Å². The lowest BCUT2D eigenvalue weighted by Crippen LogP contribution is -2.04. The van der Waals surface area contributed by atoms with Gasteiger partial charge in [-0.1, -0.05) is 13.8 Å². The summed E-state index contributed by atoms with van der Waals surface area (Å²) in [6, 6.07) is 4.44. The molecule has 0 bridgehead atoms. The molecule has 0 atom stereocenters. The topological polar surface area (TPSA) is 47.6 Å². The van der Waals surface area contributed by atoms with Gasteiger partial charge in [-0.2, -0.15) is 10.5 Å². The van der Waals surface area contributed by atoms with Gasteiger partial charge in [0.1, 0.15) is 12.1 Å². The second-order valence-corrected chi connectivity index (χ2v) is 5.34. The van der Waals surface area contributed by atoms with Crippen molar-refractivity contribution in [2.45, 2.75) is 36.5 Å². The summed E-state index contributed by atoms with van der Waals surface area (Å²) in [4.78, 5) is 2.33. The molecule has 18 heavy (non-hydrogen) atoms. The molecule has 0 saturated carbocycles. The van der Waals surface area contributed by atoms with Gasteiger partial charge in [0.25, 0.3) is 0 Å². The number of hydrogen-bond donors (Lipinski definition) is 0. The molecule has 0 unspecified atom stereocenters. The molecular weight excluding hydrogens is 260 g/mol. The fourth-order valence-electron chi connectivity index (χ4n) is 2.16. The minimum Gasteiger partial charge on any atom is -0.192 e. The Balaban J connectivity index is 3.87. The van der Waals surface area contributed by atoms with E-state index in [1.807, 2.05) is 26.4 Å². The molecular formula is C14H16N2S2. The van der Waals surface area contributed by atoms with Crippen molar-refractivity contribution >= 4 is 23.5 Å². The smallest absolute Gasteiger partial charge is 0.101 e. The number of benzene rings is 1. The van der Waals surface area contributed by atoms with E-state index >= 15 is 0 Å². The van der Waals surface area contributed by atoms with E-state index in [2.05, 4.69) is 12.1 Å². The molecule has 0 aliphatic rings. The first kappa shape index (κ1) is 15.0. The van der Waals surface area contributed by atoms with Crippen molar-refractivity contribution in [3.05, 3.63) is 22.3 Å². The van der Waals surface area contributed by atoms with Gasteiger partial charge in [-0.15, -0.1) is 23.5 Å². The highest BCUT2D eigenvalue weighted by Crippen LogP contribution is 2.39. The number of nitrogens with zero attached hydrogens (tertiary/aromatic N) is 2. The zero-order valence-electron chi connectivity index (χ0n) is 11.1. The van der Waals surface area contributed by atoms with Crippen LogP contribution in [-0.2, 0) is 12.8 Å². The van der Waals surface area contributed by atoms with E-state index < -0.39 is 0 Å². The van der Waals surface area contributed by atoms with Crippen LogP contribution >= 0.6 is 23.5 Å². The summed E-state index contributed by atoms with van der Waals surface area (Å²) in [7, 11) is 0. The van der Waals surface area contributed by atoms with Crippen molar-refractivity contribution in [2.24, 2.45) is 0 Å². The average Bonchev–Trinajstić information content (AvgIpc) is 2.43. The maximum absolute atomic E-state index is 9.35. The SMILES string of the molecule is CCc1c(C#N)c(C#N)c(CC)c(SC)c1SC. The third-order valence-electron chi connectivity index (χ3n) is 2.95. The summed E-state index contributed by atoms with van der Waals surface area (Å²) >= 11 is 3.34. The van der Waals surface area contributed by atoms with Crippen molar-refractivity contribution in [3.63, 3.8) is 0 Å². The van der Waals surface area contributed by atoms with Gasteiger partial charge in [-0.05, 0) is 36.5 Å². The van der Waals surface area contributed by atoms with Crippen LogP contribution in [0.2, 0.25) is 0 Å².